The number of nitrogens with zero attached hydrogens (tertiary/aromatic N) is 4. The molecule has 0 amide bonds. The van der Waals surface area contributed by atoms with Crippen molar-refractivity contribution in [2.45, 2.75) is 10.1 Å². The van der Waals surface area contributed by atoms with Crippen molar-refractivity contribution < 1.29 is 4.74 Å². The Kier molecular flexibility index (Phi) is 4.99. The van der Waals surface area contributed by atoms with Crippen LogP contribution in [0.3, 0.4) is 0 Å². The number of aromatic nitrogens is 4. The fourth-order valence-electron chi connectivity index (χ4n) is 2.59. The van der Waals surface area contributed by atoms with Crippen molar-refractivity contribution in [2.75, 3.05) is 7.11 Å². The summed E-state index contributed by atoms with van der Waals surface area (Å²) in [5, 5.41) is 12.8. The summed E-state index contributed by atoms with van der Waals surface area (Å²) in [7, 11) is 1.67. The highest BCUT2D eigenvalue weighted by molar-refractivity contribution is 8.00. The van der Waals surface area contributed by atoms with E-state index in [1.807, 2.05) is 59.3 Å². The Morgan fingerprint density at radius 1 is 1.08 bits per heavy atom. The van der Waals surface area contributed by atoms with Gasteiger partial charge in [0.25, 0.3) is 0 Å². The molecule has 0 radical (unpaired) electrons. The Balaban J connectivity index is 1.70. The van der Waals surface area contributed by atoms with Crippen LogP contribution in [0.5, 0.6) is 5.75 Å². The third-order valence-electron chi connectivity index (χ3n) is 3.87. The number of methoxy groups -OCH3 is 1. The molecule has 2 aromatic heterocycles. The van der Waals surface area contributed by atoms with Crippen LogP contribution < -0.4 is 4.74 Å². The summed E-state index contributed by atoms with van der Waals surface area (Å²) in [6, 6.07) is 18.1. The van der Waals surface area contributed by atoms with Crippen molar-refractivity contribution in [3.05, 3.63) is 71.9 Å². The maximum Gasteiger partial charge on any atom is 0.174 e. The second-order valence-corrected chi connectivity index (χ2v) is 7.56. The molecule has 0 saturated carbocycles. The third-order valence-corrected chi connectivity index (χ3v) is 5.77. The molecule has 0 bridgehead atoms. The number of hydrogen-bond acceptors (Lipinski definition) is 6. The van der Waals surface area contributed by atoms with Crippen molar-refractivity contribution in [1.82, 2.24) is 20.0 Å². The zero-order valence-corrected chi connectivity index (χ0v) is 15.7. The number of hydrogen-bond donors (Lipinski definition) is 0. The quantitative estimate of drug-likeness (QED) is 0.454. The van der Waals surface area contributed by atoms with Crippen LogP contribution >= 0.6 is 23.1 Å². The van der Waals surface area contributed by atoms with Crippen molar-refractivity contribution in [3.8, 4) is 22.7 Å². The predicted octanol–water partition coefficient (Wildman–Crippen LogP) is 4.69. The Labute approximate surface area is 159 Å². The molecular formula is C19H16N4OS2. The van der Waals surface area contributed by atoms with E-state index in [-0.39, 0.29) is 0 Å². The molecule has 2 heterocycles. The Hall–Kier alpha value is -2.64. The van der Waals surface area contributed by atoms with E-state index < -0.39 is 0 Å². The van der Waals surface area contributed by atoms with Crippen LogP contribution in [0.25, 0.3) is 16.9 Å². The molecule has 0 N–H and O–H groups in total. The van der Waals surface area contributed by atoms with Gasteiger partial charge in [-0.05, 0) is 36.4 Å². The van der Waals surface area contributed by atoms with Crippen LogP contribution in [0.4, 0.5) is 0 Å². The Bertz CT molecular complexity index is 967. The third kappa shape index (κ3) is 3.63. The number of para-hydroxylation sites is 1. The second kappa shape index (κ2) is 7.72. The van der Waals surface area contributed by atoms with Gasteiger partial charge >= 0.3 is 0 Å². The van der Waals surface area contributed by atoms with Crippen molar-refractivity contribution in [2.24, 2.45) is 0 Å². The summed E-state index contributed by atoms with van der Waals surface area (Å²) in [6.07, 6.45) is 2.09. The van der Waals surface area contributed by atoms with E-state index in [0.717, 1.165) is 38.4 Å². The molecule has 4 rings (SSSR count). The molecule has 0 fully saturated rings. The first-order chi connectivity index (χ1) is 12.8. The van der Waals surface area contributed by atoms with Crippen LogP contribution in [-0.2, 0) is 5.75 Å². The van der Waals surface area contributed by atoms with Gasteiger partial charge in [0.15, 0.2) is 4.34 Å². The summed E-state index contributed by atoms with van der Waals surface area (Å²) in [6.45, 7) is 0. The lowest BCUT2D eigenvalue weighted by Crippen LogP contribution is -1.94. The number of benzene rings is 2. The van der Waals surface area contributed by atoms with E-state index in [1.165, 1.54) is 0 Å². The van der Waals surface area contributed by atoms with Gasteiger partial charge in [0.2, 0.25) is 0 Å². The van der Waals surface area contributed by atoms with E-state index in [9.17, 15) is 0 Å². The minimum Gasteiger partial charge on any atom is -0.497 e. The molecule has 0 aliphatic carbocycles. The first-order valence-corrected chi connectivity index (χ1v) is 9.87. The minimum atomic E-state index is 0.781. The van der Waals surface area contributed by atoms with Gasteiger partial charge in [0.1, 0.15) is 11.3 Å². The molecular weight excluding hydrogens is 364 g/mol. The number of ether oxygens (including phenoxy) is 1. The van der Waals surface area contributed by atoms with Crippen LogP contribution in [0.15, 0.2) is 70.6 Å². The highest BCUT2D eigenvalue weighted by atomic mass is 32.2. The summed E-state index contributed by atoms with van der Waals surface area (Å²) in [4.78, 5) is 0. The molecule has 0 unspecified atom stereocenters. The number of thioether (sulfide) groups is 1. The molecule has 0 saturated heterocycles. The number of rotatable bonds is 6. The molecule has 26 heavy (non-hydrogen) atoms. The Morgan fingerprint density at radius 3 is 2.58 bits per heavy atom. The van der Waals surface area contributed by atoms with Gasteiger partial charge in [-0.2, -0.15) is 5.10 Å². The minimum absolute atomic E-state index is 0.781. The molecule has 5 nitrogen and oxygen atoms in total. The van der Waals surface area contributed by atoms with Crippen molar-refractivity contribution in [3.63, 3.8) is 0 Å². The standard InChI is InChI=1S/C19H16N4OS2/c1-24-17-9-7-14(8-10-17)18-15(12-25-19-21-20-13-26-19)11-23(22-18)16-5-3-2-4-6-16/h2-11,13H,12H2,1H3. The van der Waals surface area contributed by atoms with Gasteiger partial charge in [-0.3, -0.25) is 0 Å². The lowest BCUT2D eigenvalue weighted by Gasteiger charge is -2.03. The highest BCUT2D eigenvalue weighted by Gasteiger charge is 2.13. The molecule has 0 atom stereocenters. The smallest absolute Gasteiger partial charge is 0.174 e. The van der Waals surface area contributed by atoms with Gasteiger partial charge < -0.3 is 4.74 Å². The zero-order valence-electron chi connectivity index (χ0n) is 14.1. The van der Waals surface area contributed by atoms with Gasteiger partial charge in [-0.1, -0.05) is 41.3 Å². The van der Waals surface area contributed by atoms with Crippen LogP contribution in [0.1, 0.15) is 5.56 Å². The summed E-state index contributed by atoms with van der Waals surface area (Å²) in [5.41, 5.74) is 5.97. The summed E-state index contributed by atoms with van der Waals surface area (Å²) in [5.74, 6) is 1.62. The molecule has 0 aliphatic heterocycles. The SMILES string of the molecule is COc1ccc(-c2nn(-c3ccccc3)cc2CSc2nncs2)cc1. The molecule has 7 heteroatoms. The van der Waals surface area contributed by atoms with Crippen LogP contribution in [-0.4, -0.2) is 27.1 Å². The second-order valence-electron chi connectivity index (χ2n) is 5.50. The Morgan fingerprint density at radius 2 is 1.88 bits per heavy atom. The molecule has 2 aromatic carbocycles. The topological polar surface area (TPSA) is 52.8 Å². The lowest BCUT2D eigenvalue weighted by molar-refractivity contribution is 0.415. The zero-order chi connectivity index (χ0) is 17.8. The first-order valence-electron chi connectivity index (χ1n) is 8.01. The van der Waals surface area contributed by atoms with Crippen molar-refractivity contribution in [1.29, 1.82) is 0 Å². The largest absolute Gasteiger partial charge is 0.497 e. The van der Waals surface area contributed by atoms with Gasteiger partial charge in [-0.15, -0.1) is 10.2 Å². The van der Waals surface area contributed by atoms with Gasteiger partial charge in [0, 0.05) is 23.1 Å². The van der Waals surface area contributed by atoms with E-state index in [1.54, 1.807) is 35.7 Å². The van der Waals surface area contributed by atoms with Gasteiger partial charge in [0.05, 0.1) is 18.5 Å². The van der Waals surface area contributed by atoms with E-state index in [2.05, 4.69) is 16.4 Å². The first kappa shape index (κ1) is 16.8. The maximum absolute atomic E-state index is 5.26. The van der Waals surface area contributed by atoms with E-state index in [4.69, 9.17) is 9.84 Å². The van der Waals surface area contributed by atoms with E-state index >= 15 is 0 Å². The maximum atomic E-state index is 5.26. The summed E-state index contributed by atoms with van der Waals surface area (Å²) < 4.78 is 8.15. The molecule has 0 aliphatic rings. The molecule has 130 valence electrons. The fourth-order valence-corrected chi connectivity index (χ4v) is 4.04. The van der Waals surface area contributed by atoms with Crippen LogP contribution in [0, 0.1) is 0 Å². The molecule has 0 spiro atoms. The fraction of sp³-hybridized carbons (Fsp3) is 0.105. The normalized spacial score (nSPS) is 10.8. The average molecular weight is 380 g/mol. The predicted molar refractivity (Wildman–Crippen MR) is 105 cm³/mol. The highest BCUT2D eigenvalue weighted by Crippen LogP contribution is 2.31. The molecule has 4 aromatic rings. The average Bonchev–Trinajstić information content (AvgIpc) is 3.37. The van der Waals surface area contributed by atoms with E-state index in [0.29, 0.717) is 0 Å². The van der Waals surface area contributed by atoms with Crippen molar-refractivity contribution >= 4 is 23.1 Å². The lowest BCUT2D eigenvalue weighted by atomic mass is 10.1. The van der Waals surface area contributed by atoms with Gasteiger partial charge in [-0.25, -0.2) is 4.68 Å². The van der Waals surface area contributed by atoms with Crippen LogP contribution in [0.2, 0.25) is 0 Å². The monoisotopic (exact) mass is 380 g/mol. The summed E-state index contributed by atoms with van der Waals surface area (Å²) >= 11 is 3.22.